The van der Waals surface area contributed by atoms with E-state index in [4.69, 9.17) is 15.9 Å². The van der Waals surface area contributed by atoms with Gasteiger partial charge in [-0.3, -0.25) is 0 Å². The summed E-state index contributed by atoms with van der Waals surface area (Å²) in [5.74, 6) is -2.51. The van der Waals surface area contributed by atoms with Gasteiger partial charge in [0.15, 0.2) is 0 Å². The SMILES string of the molecule is NCCC1Nc2ccccc2N2CCc3cccc1c32.O=C(O)C=CC(=O)O.[Al+3].[HH].[Li+]. The molecule has 0 spiro atoms. The summed E-state index contributed by atoms with van der Waals surface area (Å²) in [4.78, 5) is 21.6. The molecular weight excluding hydrogens is 392 g/mol. The first-order chi connectivity index (χ1) is 13.5. The van der Waals surface area contributed by atoms with Gasteiger partial charge in [-0.1, -0.05) is 30.3 Å². The number of hydrogen-bond acceptors (Lipinski definition) is 5. The van der Waals surface area contributed by atoms with Gasteiger partial charge in [-0.15, -0.1) is 0 Å². The van der Waals surface area contributed by atoms with Crippen LogP contribution in [0, 0.1) is 0 Å². The van der Waals surface area contributed by atoms with Crippen molar-refractivity contribution in [1.29, 1.82) is 0 Å². The van der Waals surface area contributed by atoms with Crippen molar-refractivity contribution >= 4 is 46.4 Å². The number of rotatable bonds is 4. The van der Waals surface area contributed by atoms with Crippen LogP contribution in [0.4, 0.5) is 17.1 Å². The summed E-state index contributed by atoms with van der Waals surface area (Å²) in [6, 6.07) is 15.6. The van der Waals surface area contributed by atoms with Crippen LogP contribution >= 0.6 is 0 Å². The number of anilines is 3. The van der Waals surface area contributed by atoms with E-state index >= 15 is 0 Å². The Bertz CT molecular complexity index is 913. The number of nitrogens with two attached hydrogens (primary N) is 1. The molecule has 0 aromatic heterocycles. The molecule has 2 heterocycles. The molecule has 7 nitrogen and oxygen atoms in total. The van der Waals surface area contributed by atoms with Gasteiger partial charge in [-0.05, 0) is 42.6 Å². The summed E-state index contributed by atoms with van der Waals surface area (Å²) < 4.78 is 0. The minimum absolute atomic E-state index is 0. The molecule has 1 unspecified atom stereocenters. The van der Waals surface area contributed by atoms with E-state index in [9.17, 15) is 9.59 Å². The van der Waals surface area contributed by atoms with Crippen LogP contribution in [-0.4, -0.2) is 52.6 Å². The van der Waals surface area contributed by atoms with Gasteiger partial charge in [0.1, 0.15) is 0 Å². The Morgan fingerprint density at radius 3 is 2.43 bits per heavy atom. The number of benzene rings is 2. The average Bonchev–Trinajstić information content (AvgIpc) is 3.05. The minimum atomic E-state index is -1.26. The van der Waals surface area contributed by atoms with Gasteiger partial charge in [-0.25, -0.2) is 9.59 Å². The van der Waals surface area contributed by atoms with Crippen LogP contribution in [-0.2, 0) is 16.0 Å². The van der Waals surface area contributed by atoms with Crippen molar-refractivity contribution in [2.24, 2.45) is 5.73 Å². The van der Waals surface area contributed by atoms with Crippen molar-refractivity contribution in [3.63, 3.8) is 0 Å². The Morgan fingerprint density at radius 1 is 1.13 bits per heavy atom. The number of carboxylic acids is 2. The fourth-order valence-electron chi connectivity index (χ4n) is 3.64. The monoisotopic (exact) mass is 417 g/mol. The number of hydrogen-bond donors (Lipinski definition) is 4. The maximum absolute atomic E-state index is 9.55. The van der Waals surface area contributed by atoms with Gasteiger partial charge < -0.3 is 26.2 Å². The third kappa shape index (κ3) is 5.92. The molecule has 9 heteroatoms. The first-order valence-corrected chi connectivity index (χ1v) is 9.10. The van der Waals surface area contributed by atoms with Gasteiger partial charge in [-0.2, -0.15) is 0 Å². The Balaban J connectivity index is 0.000000719. The number of nitrogens with zero attached hydrogens (tertiary/aromatic N) is 1. The van der Waals surface area contributed by atoms with Crippen LogP contribution < -0.4 is 34.8 Å². The van der Waals surface area contributed by atoms with E-state index in [0.717, 1.165) is 19.4 Å². The summed E-state index contributed by atoms with van der Waals surface area (Å²) in [5, 5.41) is 19.3. The van der Waals surface area contributed by atoms with Crippen molar-refractivity contribution in [2.75, 3.05) is 23.3 Å². The molecular formula is C21H25AlLiN3O4+4. The van der Waals surface area contributed by atoms with Crippen molar-refractivity contribution in [2.45, 2.75) is 18.9 Å². The predicted octanol–water partition coefficient (Wildman–Crippen LogP) is -0.223. The Morgan fingerprint density at radius 2 is 1.80 bits per heavy atom. The summed E-state index contributed by atoms with van der Waals surface area (Å²) in [6.45, 7) is 1.77. The van der Waals surface area contributed by atoms with Gasteiger partial charge in [0.2, 0.25) is 0 Å². The summed E-state index contributed by atoms with van der Waals surface area (Å²) in [5.41, 5.74) is 12.6. The topological polar surface area (TPSA) is 116 Å². The second kappa shape index (κ2) is 11.9. The molecule has 0 saturated heterocycles. The van der Waals surface area contributed by atoms with Crippen molar-refractivity contribution in [3.8, 4) is 0 Å². The van der Waals surface area contributed by atoms with Crippen LogP contribution in [0.15, 0.2) is 54.6 Å². The molecule has 0 fully saturated rings. The maximum atomic E-state index is 9.55. The second-order valence-electron chi connectivity index (χ2n) is 6.56. The van der Waals surface area contributed by atoms with Crippen LogP contribution in [0.3, 0.4) is 0 Å². The summed E-state index contributed by atoms with van der Waals surface area (Å²) in [6.07, 6.45) is 3.20. The number of aliphatic carboxylic acids is 2. The van der Waals surface area contributed by atoms with E-state index in [1.165, 1.54) is 28.2 Å². The van der Waals surface area contributed by atoms with Crippen LogP contribution in [0.1, 0.15) is 25.0 Å². The predicted molar refractivity (Wildman–Crippen MR) is 116 cm³/mol. The average molecular weight is 417 g/mol. The first kappa shape index (κ1) is 25.8. The van der Waals surface area contributed by atoms with E-state index in [-0.39, 0.29) is 37.6 Å². The Hall–Kier alpha value is -2.19. The van der Waals surface area contributed by atoms with Crippen molar-refractivity contribution in [3.05, 3.63) is 65.7 Å². The zero-order chi connectivity index (χ0) is 20.1. The second-order valence-corrected chi connectivity index (χ2v) is 6.56. The van der Waals surface area contributed by atoms with Crippen LogP contribution in [0.2, 0.25) is 0 Å². The number of para-hydroxylation sites is 3. The number of fused-ring (bicyclic) bond motifs is 2. The van der Waals surface area contributed by atoms with Crippen LogP contribution in [0.5, 0.6) is 0 Å². The van der Waals surface area contributed by atoms with Gasteiger partial charge in [0.25, 0.3) is 0 Å². The first-order valence-electron chi connectivity index (χ1n) is 9.10. The molecule has 30 heavy (non-hydrogen) atoms. The maximum Gasteiger partial charge on any atom is 3.00 e. The zero-order valence-electron chi connectivity index (χ0n) is 16.9. The molecule has 1 atom stereocenters. The minimum Gasteiger partial charge on any atom is -0.478 e. The van der Waals surface area contributed by atoms with Crippen molar-refractivity contribution < 1.29 is 40.1 Å². The molecule has 2 aromatic carbocycles. The number of nitrogens with one attached hydrogen (secondary N) is 1. The third-order valence-electron chi connectivity index (χ3n) is 4.75. The number of carbonyl (C=O) groups is 2. The fourth-order valence-corrected chi connectivity index (χ4v) is 3.64. The largest absolute Gasteiger partial charge is 3.00 e. The molecule has 148 valence electrons. The summed E-state index contributed by atoms with van der Waals surface area (Å²) >= 11 is 0. The molecule has 0 saturated carbocycles. The molecule has 2 aliphatic rings. The molecule has 0 bridgehead atoms. The normalized spacial score (nSPS) is 15.2. The fraction of sp³-hybridized carbons (Fsp3) is 0.238. The molecule has 0 radical (unpaired) electrons. The molecule has 2 aliphatic heterocycles. The molecule has 5 N–H and O–H groups in total. The van der Waals surface area contributed by atoms with Gasteiger partial charge in [0, 0.05) is 25.8 Å². The zero-order valence-corrected chi connectivity index (χ0v) is 18.1. The smallest absolute Gasteiger partial charge is 0.478 e. The summed E-state index contributed by atoms with van der Waals surface area (Å²) in [7, 11) is 0. The van der Waals surface area contributed by atoms with E-state index in [1.807, 2.05) is 0 Å². The van der Waals surface area contributed by atoms with E-state index in [1.54, 1.807) is 0 Å². The Kier molecular flexibility index (Phi) is 10.2. The van der Waals surface area contributed by atoms with Crippen molar-refractivity contribution in [1.82, 2.24) is 0 Å². The molecule has 4 rings (SSSR count). The van der Waals surface area contributed by atoms with E-state index in [0.29, 0.717) is 24.7 Å². The molecule has 2 aromatic rings. The van der Waals surface area contributed by atoms with Crippen LogP contribution in [0.25, 0.3) is 0 Å². The number of carboxylic acid groups (broad SMARTS) is 2. The third-order valence-corrected chi connectivity index (χ3v) is 4.75. The Labute approximate surface area is 199 Å². The van der Waals surface area contributed by atoms with E-state index < -0.39 is 11.9 Å². The van der Waals surface area contributed by atoms with Gasteiger partial charge >= 0.3 is 48.2 Å². The van der Waals surface area contributed by atoms with Gasteiger partial charge in [0.05, 0.1) is 17.4 Å². The van der Waals surface area contributed by atoms with E-state index in [2.05, 4.69) is 52.7 Å². The quantitative estimate of drug-likeness (QED) is 0.402. The molecule has 0 amide bonds. The molecule has 0 aliphatic carbocycles. The standard InChI is InChI=1S/C17H19N3.C4H4O4.Al.Li.H2/c18-10-8-14-13-5-3-4-12-9-11-20(17(12)13)16-7-2-1-6-15(16)19-14;5-3(6)1-2-4(7)8;;;/h1-7,14,19H,8-11,18H2;1-2H,(H,5,6)(H,7,8);;;1H/q;;+3;+1;.